The summed E-state index contributed by atoms with van der Waals surface area (Å²) < 4.78 is 39.5. The molecule has 2 aliphatic rings. The van der Waals surface area contributed by atoms with E-state index in [0.29, 0.717) is 13.1 Å². The van der Waals surface area contributed by atoms with Gasteiger partial charge in [0.1, 0.15) is 5.16 Å². The highest BCUT2D eigenvalue weighted by atomic mass is 35.5. The van der Waals surface area contributed by atoms with E-state index in [1.165, 1.54) is 12.1 Å². The lowest BCUT2D eigenvalue weighted by molar-refractivity contribution is -0.137. The van der Waals surface area contributed by atoms with Gasteiger partial charge in [0.2, 0.25) is 5.91 Å². The molecule has 10 heteroatoms. The lowest BCUT2D eigenvalue weighted by Crippen LogP contribution is -2.59. The highest BCUT2D eigenvalue weighted by Crippen LogP contribution is 2.44. The second-order valence-electron chi connectivity index (χ2n) is 8.55. The van der Waals surface area contributed by atoms with E-state index in [0.717, 1.165) is 12.1 Å². The number of urea groups is 1. The fraction of sp³-hybridized carbons (Fsp3) is 0.500. The molecule has 3 amide bonds. The van der Waals surface area contributed by atoms with E-state index in [2.05, 4.69) is 5.32 Å². The minimum absolute atomic E-state index is 0.175. The molecule has 0 aromatic heterocycles. The lowest BCUT2D eigenvalue weighted by atomic mass is 9.88. The van der Waals surface area contributed by atoms with Crippen molar-refractivity contribution in [3.05, 3.63) is 40.5 Å². The van der Waals surface area contributed by atoms with Crippen LogP contribution in [-0.4, -0.2) is 53.0 Å². The van der Waals surface area contributed by atoms with Gasteiger partial charge in [-0.2, -0.15) is 13.2 Å². The highest BCUT2D eigenvalue weighted by molar-refractivity contribution is 6.33. The number of hydrogen-bond acceptors (Lipinski definition) is 3. The quantitative estimate of drug-likeness (QED) is 0.687. The van der Waals surface area contributed by atoms with Gasteiger partial charge in [-0.05, 0) is 38.5 Å². The Morgan fingerprint density at radius 1 is 1.20 bits per heavy atom. The number of fused-ring (bicyclic) bond motifs is 1. The van der Waals surface area contributed by atoms with E-state index in [4.69, 9.17) is 17.3 Å². The van der Waals surface area contributed by atoms with Crippen LogP contribution in [0.2, 0.25) is 0 Å². The van der Waals surface area contributed by atoms with Crippen molar-refractivity contribution in [2.45, 2.75) is 38.5 Å². The number of amides is 3. The van der Waals surface area contributed by atoms with Crippen molar-refractivity contribution in [2.24, 2.45) is 11.7 Å². The van der Waals surface area contributed by atoms with Crippen molar-refractivity contribution in [3.63, 3.8) is 0 Å². The minimum atomic E-state index is -4.53. The molecule has 2 aliphatic heterocycles. The van der Waals surface area contributed by atoms with Gasteiger partial charge in [0.25, 0.3) is 0 Å². The first kappa shape index (κ1) is 22.3. The van der Waals surface area contributed by atoms with Gasteiger partial charge in [-0.3, -0.25) is 4.79 Å². The van der Waals surface area contributed by atoms with Gasteiger partial charge in [-0.1, -0.05) is 23.7 Å². The molecule has 30 heavy (non-hydrogen) atoms. The third-order valence-corrected chi connectivity index (χ3v) is 5.59. The summed E-state index contributed by atoms with van der Waals surface area (Å²) in [5.41, 5.74) is 4.82. The predicted octanol–water partition coefficient (Wildman–Crippen LogP) is 3.22. The molecule has 0 radical (unpaired) electrons. The van der Waals surface area contributed by atoms with E-state index < -0.39 is 35.1 Å². The van der Waals surface area contributed by atoms with Crippen LogP contribution in [-0.2, 0) is 11.0 Å². The molecule has 0 saturated carbocycles. The van der Waals surface area contributed by atoms with Crippen LogP contribution >= 0.6 is 11.6 Å². The van der Waals surface area contributed by atoms with Crippen molar-refractivity contribution in [1.82, 2.24) is 15.1 Å². The van der Waals surface area contributed by atoms with Crippen molar-refractivity contribution in [2.75, 3.05) is 19.6 Å². The number of hydrogen-bond donors (Lipinski definition) is 2. The number of benzene rings is 1. The summed E-state index contributed by atoms with van der Waals surface area (Å²) in [6.07, 6.45) is -4.53. The Morgan fingerprint density at radius 3 is 2.43 bits per heavy atom. The average molecular weight is 445 g/mol. The molecule has 3 rings (SSSR count). The first-order valence-corrected chi connectivity index (χ1v) is 9.88. The van der Waals surface area contributed by atoms with Gasteiger partial charge >= 0.3 is 12.2 Å². The summed E-state index contributed by atoms with van der Waals surface area (Å²) >= 11 is 6.52. The zero-order chi connectivity index (χ0) is 22.4. The molecule has 1 fully saturated rings. The summed E-state index contributed by atoms with van der Waals surface area (Å²) in [5, 5.41) is 3.07. The molecule has 1 aromatic carbocycles. The van der Waals surface area contributed by atoms with Crippen LogP contribution in [0.25, 0.3) is 5.57 Å². The number of nitrogens with two attached hydrogens (primary N) is 1. The van der Waals surface area contributed by atoms with Crippen LogP contribution in [0.1, 0.15) is 31.9 Å². The first-order valence-electron chi connectivity index (χ1n) is 9.50. The monoisotopic (exact) mass is 444 g/mol. The number of piperazine rings is 1. The Bertz CT molecular complexity index is 895. The molecule has 2 unspecified atom stereocenters. The summed E-state index contributed by atoms with van der Waals surface area (Å²) in [6, 6.07) is 3.85. The molecule has 1 aromatic rings. The maximum Gasteiger partial charge on any atom is 0.416 e. The topological polar surface area (TPSA) is 78.7 Å². The number of alkyl halides is 3. The number of carbonyl (C=O) groups is 2. The largest absolute Gasteiger partial charge is 0.416 e. The van der Waals surface area contributed by atoms with Gasteiger partial charge in [-0.25, -0.2) is 4.79 Å². The van der Waals surface area contributed by atoms with Gasteiger partial charge in [-0.15, -0.1) is 0 Å². The minimum Gasteiger partial charge on any atom is -0.369 e. The predicted molar refractivity (Wildman–Crippen MR) is 107 cm³/mol. The van der Waals surface area contributed by atoms with E-state index in [9.17, 15) is 22.8 Å². The van der Waals surface area contributed by atoms with Gasteiger partial charge < -0.3 is 20.9 Å². The van der Waals surface area contributed by atoms with Crippen molar-refractivity contribution in [3.8, 4) is 0 Å². The molecule has 2 heterocycles. The average Bonchev–Trinajstić information content (AvgIpc) is 2.92. The molecule has 2 atom stereocenters. The number of nitrogens with one attached hydrogen (secondary N) is 1. The lowest BCUT2D eigenvalue weighted by Gasteiger charge is -2.41. The Hall–Kier alpha value is -2.42. The molecular weight excluding hydrogens is 421 g/mol. The third-order valence-electron chi connectivity index (χ3n) is 5.17. The van der Waals surface area contributed by atoms with E-state index in [1.807, 2.05) is 20.8 Å². The zero-order valence-electron chi connectivity index (χ0n) is 16.9. The maximum atomic E-state index is 13.2. The Kier molecular flexibility index (Phi) is 5.70. The van der Waals surface area contributed by atoms with Gasteiger partial charge in [0.05, 0.1) is 17.5 Å². The standard InChI is InChI=1S/C20H24ClF3N4O2/c1-19(2,3)26-18(30)27-7-8-28-13(10-27)15(17(25)29)14(16(28)21)11-5-4-6-12(9-11)20(22,23)24/h4-6,9,13,15H,7-8,10H2,1-3H3,(H2,25,29)(H,26,30). The molecule has 0 spiro atoms. The van der Waals surface area contributed by atoms with Crippen LogP contribution in [0.4, 0.5) is 18.0 Å². The molecule has 164 valence electrons. The third kappa shape index (κ3) is 4.35. The number of rotatable bonds is 2. The number of carbonyl (C=O) groups excluding carboxylic acids is 2. The smallest absolute Gasteiger partial charge is 0.369 e. The second kappa shape index (κ2) is 7.68. The van der Waals surface area contributed by atoms with Gasteiger partial charge in [0, 0.05) is 30.7 Å². The Morgan fingerprint density at radius 2 is 1.87 bits per heavy atom. The SMILES string of the molecule is CC(C)(C)NC(=O)N1CCN2C(Cl)=C(c3cccc(C(F)(F)F)c3)C(C(N)=O)C2C1. The second-order valence-corrected chi connectivity index (χ2v) is 8.91. The van der Waals surface area contributed by atoms with E-state index >= 15 is 0 Å². The summed E-state index contributed by atoms with van der Waals surface area (Å²) in [6.45, 7) is 6.44. The number of primary amides is 1. The normalized spacial score (nSPS) is 22.2. The van der Waals surface area contributed by atoms with Crippen molar-refractivity contribution in [1.29, 1.82) is 0 Å². The van der Waals surface area contributed by atoms with Crippen LogP contribution in [0.15, 0.2) is 29.4 Å². The first-order chi connectivity index (χ1) is 13.8. The number of halogens is 4. The molecule has 1 saturated heterocycles. The van der Waals surface area contributed by atoms with Crippen molar-refractivity contribution >= 4 is 29.1 Å². The fourth-order valence-corrected chi connectivity index (χ4v) is 4.33. The van der Waals surface area contributed by atoms with Crippen LogP contribution < -0.4 is 11.1 Å². The Labute approximate surface area is 177 Å². The molecule has 3 N–H and O–H groups in total. The molecule has 6 nitrogen and oxygen atoms in total. The van der Waals surface area contributed by atoms with Crippen LogP contribution in [0, 0.1) is 5.92 Å². The maximum absolute atomic E-state index is 13.2. The fourth-order valence-electron chi connectivity index (χ4n) is 3.89. The van der Waals surface area contributed by atoms with E-state index in [-0.39, 0.29) is 28.9 Å². The summed E-state index contributed by atoms with van der Waals surface area (Å²) in [4.78, 5) is 28.2. The molecular formula is C20H24ClF3N4O2. The molecule has 0 aliphatic carbocycles. The summed E-state index contributed by atoms with van der Waals surface area (Å²) in [7, 11) is 0. The number of nitrogens with zero attached hydrogens (tertiary/aromatic N) is 2. The molecule has 0 bridgehead atoms. The van der Waals surface area contributed by atoms with Crippen LogP contribution in [0.3, 0.4) is 0 Å². The van der Waals surface area contributed by atoms with Crippen molar-refractivity contribution < 1.29 is 22.8 Å². The Balaban J connectivity index is 1.94. The summed E-state index contributed by atoms with van der Waals surface area (Å²) in [5.74, 6) is -1.64. The van der Waals surface area contributed by atoms with Gasteiger partial charge in [0.15, 0.2) is 0 Å². The van der Waals surface area contributed by atoms with E-state index in [1.54, 1.807) is 9.80 Å². The highest BCUT2D eigenvalue weighted by Gasteiger charge is 2.47. The zero-order valence-corrected chi connectivity index (χ0v) is 17.6. The van der Waals surface area contributed by atoms with Crippen LogP contribution in [0.5, 0.6) is 0 Å².